The van der Waals surface area contributed by atoms with Crippen LogP contribution in [0.4, 0.5) is 0 Å². The number of benzene rings is 2. The third kappa shape index (κ3) is 6.38. The number of amides is 2. The molecule has 8 heteroatoms. The van der Waals surface area contributed by atoms with Gasteiger partial charge in [-0.3, -0.25) is 9.59 Å². The molecule has 2 aromatic carbocycles. The summed E-state index contributed by atoms with van der Waals surface area (Å²) >= 11 is 0. The summed E-state index contributed by atoms with van der Waals surface area (Å²) in [6, 6.07) is 13.6. The van der Waals surface area contributed by atoms with Gasteiger partial charge >= 0.3 is 0 Å². The van der Waals surface area contributed by atoms with Crippen molar-refractivity contribution in [3.8, 4) is 0 Å². The summed E-state index contributed by atoms with van der Waals surface area (Å²) in [5.41, 5.74) is 0.820. The van der Waals surface area contributed by atoms with Gasteiger partial charge in [0, 0.05) is 31.7 Å². The first-order chi connectivity index (χ1) is 15.3. The van der Waals surface area contributed by atoms with Crippen molar-refractivity contribution in [2.45, 2.75) is 6.54 Å². The number of aromatic nitrogens is 1. The van der Waals surface area contributed by atoms with Crippen molar-refractivity contribution in [2.75, 3.05) is 54.4 Å². The van der Waals surface area contributed by atoms with Gasteiger partial charge in [0.05, 0.1) is 6.54 Å². The summed E-state index contributed by atoms with van der Waals surface area (Å²) in [6.07, 6.45) is 1.34. The number of nitrogens with zero attached hydrogens (tertiary/aromatic N) is 4. The van der Waals surface area contributed by atoms with Crippen LogP contribution in [0.2, 0.25) is 0 Å². The molecule has 0 bridgehead atoms. The molecule has 0 saturated carbocycles. The summed E-state index contributed by atoms with van der Waals surface area (Å²) in [6.45, 7) is 2.63. The number of carbonyl (C=O) groups excluding carboxylic acids is 2. The van der Waals surface area contributed by atoms with Crippen molar-refractivity contribution in [3.63, 3.8) is 0 Å². The normalized spacial score (nSPS) is 11.3. The van der Waals surface area contributed by atoms with E-state index in [4.69, 9.17) is 4.42 Å². The smallest absolute Gasteiger partial charge is 0.273 e. The minimum absolute atomic E-state index is 0.104. The molecule has 0 spiro atoms. The number of hydrogen-bond donors (Lipinski definition) is 1. The predicted molar refractivity (Wildman–Crippen MR) is 125 cm³/mol. The monoisotopic (exact) mass is 437 g/mol. The van der Waals surface area contributed by atoms with Crippen LogP contribution in [-0.2, 0) is 6.54 Å². The maximum Gasteiger partial charge on any atom is 0.273 e. The number of oxazole rings is 1. The third-order valence-electron chi connectivity index (χ3n) is 5.06. The molecule has 0 atom stereocenters. The van der Waals surface area contributed by atoms with Gasteiger partial charge in [-0.2, -0.15) is 0 Å². The van der Waals surface area contributed by atoms with E-state index in [1.807, 2.05) is 80.5 Å². The standard InChI is InChI=1S/C24H31N5O3/c1-27(2)12-11-25-23(30)21-17-32-22(26-21)16-29(14-13-28(3)4)24(31)20-10-9-18-7-5-6-8-19(18)15-20/h5-10,15,17H,11-14,16H2,1-4H3,(H,25,30). The first-order valence-corrected chi connectivity index (χ1v) is 10.6. The zero-order valence-corrected chi connectivity index (χ0v) is 19.2. The van der Waals surface area contributed by atoms with Gasteiger partial charge < -0.3 is 24.4 Å². The first kappa shape index (κ1) is 23.4. The lowest BCUT2D eigenvalue weighted by Gasteiger charge is -2.23. The number of rotatable bonds is 10. The molecule has 0 aliphatic carbocycles. The Morgan fingerprint density at radius 1 is 0.938 bits per heavy atom. The van der Waals surface area contributed by atoms with E-state index in [2.05, 4.69) is 10.3 Å². The van der Waals surface area contributed by atoms with Crippen molar-refractivity contribution >= 4 is 22.6 Å². The molecular weight excluding hydrogens is 406 g/mol. The van der Waals surface area contributed by atoms with Gasteiger partial charge in [-0.25, -0.2) is 4.98 Å². The Kier molecular flexibility index (Phi) is 7.97. The van der Waals surface area contributed by atoms with Crippen molar-refractivity contribution < 1.29 is 14.0 Å². The summed E-state index contributed by atoms with van der Waals surface area (Å²) in [4.78, 5) is 35.6. The van der Waals surface area contributed by atoms with E-state index in [0.29, 0.717) is 31.1 Å². The maximum atomic E-state index is 13.3. The Morgan fingerprint density at radius 3 is 2.38 bits per heavy atom. The number of likely N-dealkylation sites (N-methyl/N-ethyl adjacent to an activating group) is 2. The van der Waals surface area contributed by atoms with E-state index >= 15 is 0 Å². The van der Waals surface area contributed by atoms with E-state index in [0.717, 1.165) is 17.3 Å². The molecule has 1 N–H and O–H groups in total. The minimum Gasteiger partial charge on any atom is -0.446 e. The van der Waals surface area contributed by atoms with E-state index in [1.165, 1.54) is 6.26 Å². The highest BCUT2D eigenvalue weighted by Crippen LogP contribution is 2.18. The molecule has 2 amide bonds. The molecule has 0 saturated heterocycles. The van der Waals surface area contributed by atoms with Crippen molar-refractivity contribution in [1.29, 1.82) is 0 Å². The Hall–Kier alpha value is -3.23. The second-order valence-electron chi connectivity index (χ2n) is 8.28. The van der Waals surface area contributed by atoms with Crippen molar-refractivity contribution in [1.82, 2.24) is 25.0 Å². The van der Waals surface area contributed by atoms with Crippen LogP contribution >= 0.6 is 0 Å². The lowest BCUT2D eigenvalue weighted by molar-refractivity contribution is 0.0716. The predicted octanol–water partition coefficient (Wildman–Crippen LogP) is 2.32. The quantitative estimate of drug-likeness (QED) is 0.524. The van der Waals surface area contributed by atoms with Crippen LogP contribution in [-0.4, -0.2) is 85.9 Å². The van der Waals surface area contributed by atoms with Crippen molar-refractivity contribution in [2.24, 2.45) is 0 Å². The Balaban J connectivity index is 1.73. The van der Waals surface area contributed by atoms with E-state index in [-0.39, 0.29) is 24.1 Å². The summed E-state index contributed by atoms with van der Waals surface area (Å²) < 4.78 is 5.52. The third-order valence-corrected chi connectivity index (χ3v) is 5.06. The van der Waals surface area contributed by atoms with Crippen LogP contribution in [0.3, 0.4) is 0 Å². The van der Waals surface area contributed by atoms with Crippen LogP contribution in [0.1, 0.15) is 26.7 Å². The average Bonchev–Trinajstić information content (AvgIpc) is 3.24. The first-order valence-electron chi connectivity index (χ1n) is 10.6. The fraction of sp³-hybridized carbons (Fsp3) is 0.375. The molecular formula is C24H31N5O3. The van der Waals surface area contributed by atoms with Crippen LogP contribution < -0.4 is 5.32 Å². The van der Waals surface area contributed by atoms with Gasteiger partial charge in [0.25, 0.3) is 11.8 Å². The molecule has 0 aliphatic rings. The molecule has 170 valence electrons. The van der Waals surface area contributed by atoms with Gasteiger partial charge in [0.15, 0.2) is 5.69 Å². The van der Waals surface area contributed by atoms with Gasteiger partial charge in [-0.05, 0) is 51.1 Å². The highest BCUT2D eigenvalue weighted by Gasteiger charge is 2.20. The molecule has 3 rings (SSSR count). The zero-order chi connectivity index (χ0) is 23.1. The fourth-order valence-electron chi connectivity index (χ4n) is 3.21. The highest BCUT2D eigenvalue weighted by molar-refractivity contribution is 5.98. The second-order valence-corrected chi connectivity index (χ2v) is 8.28. The fourth-order valence-corrected chi connectivity index (χ4v) is 3.21. The van der Waals surface area contributed by atoms with Crippen LogP contribution in [0, 0.1) is 0 Å². The largest absolute Gasteiger partial charge is 0.446 e. The van der Waals surface area contributed by atoms with Gasteiger partial charge in [0.2, 0.25) is 5.89 Å². The number of nitrogens with one attached hydrogen (secondary N) is 1. The topological polar surface area (TPSA) is 81.9 Å². The number of carbonyl (C=O) groups is 2. The molecule has 8 nitrogen and oxygen atoms in total. The van der Waals surface area contributed by atoms with Gasteiger partial charge in [-0.1, -0.05) is 30.3 Å². The molecule has 0 radical (unpaired) electrons. The van der Waals surface area contributed by atoms with E-state index in [1.54, 1.807) is 4.90 Å². The molecule has 3 aromatic rings. The average molecular weight is 438 g/mol. The van der Waals surface area contributed by atoms with E-state index in [9.17, 15) is 9.59 Å². The lowest BCUT2D eigenvalue weighted by Crippen LogP contribution is -2.36. The molecule has 1 heterocycles. The lowest BCUT2D eigenvalue weighted by atomic mass is 10.1. The van der Waals surface area contributed by atoms with E-state index < -0.39 is 0 Å². The highest BCUT2D eigenvalue weighted by atomic mass is 16.3. The molecule has 1 aromatic heterocycles. The summed E-state index contributed by atoms with van der Waals surface area (Å²) in [7, 11) is 7.80. The van der Waals surface area contributed by atoms with Crippen LogP contribution in [0.15, 0.2) is 53.1 Å². The Labute approximate surface area is 188 Å². The Bertz CT molecular complexity index is 1060. The molecule has 32 heavy (non-hydrogen) atoms. The number of hydrogen-bond acceptors (Lipinski definition) is 6. The summed E-state index contributed by atoms with van der Waals surface area (Å²) in [5.74, 6) is -0.0639. The second kappa shape index (κ2) is 10.9. The summed E-state index contributed by atoms with van der Waals surface area (Å²) in [5, 5.41) is 4.91. The molecule has 0 fully saturated rings. The zero-order valence-electron chi connectivity index (χ0n) is 19.2. The van der Waals surface area contributed by atoms with Crippen LogP contribution in [0.5, 0.6) is 0 Å². The number of fused-ring (bicyclic) bond motifs is 1. The minimum atomic E-state index is -0.289. The van der Waals surface area contributed by atoms with Gasteiger partial charge in [0.1, 0.15) is 6.26 Å². The van der Waals surface area contributed by atoms with Crippen molar-refractivity contribution in [3.05, 3.63) is 65.9 Å². The van der Waals surface area contributed by atoms with Crippen LogP contribution in [0.25, 0.3) is 10.8 Å². The maximum absolute atomic E-state index is 13.3. The molecule has 0 aliphatic heterocycles. The Morgan fingerprint density at radius 2 is 1.66 bits per heavy atom. The van der Waals surface area contributed by atoms with Gasteiger partial charge in [-0.15, -0.1) is 0 Å². The SMILES string of the molecule is CN(C)CCNC(=O)c1coc(CN(CCN(C)C)C(=O)c2ccc3ccccc3c2)n1. The molecule has 0 unspecified atom stereocenters.